The number of ether oxygens (including phenoxy) is 3. The smallest absolute Gasteiger partial charge is 0.306 e. The van der Waals surface area contributed by atoms with E-state index in [1.807, 2.05) is 0 Å². The van der Waals surface area contributed by atoms with Gasteiger partial charge < -0.3 is 14.2 Å². The molecule has 0 bridgehead atoms. The zero-order valence-corrected chi connectivity index (χ0v) is 37.9. The van der Waals surface area contributed by atoms with E-state index in [4.69, 9.17) is 14.2 Å². The molecule has 0 rings (SSSR count). The highest BCUT2D eigenvalue weighted by Gasteiger charge is 2.19. The molecule has 0 aromatic rings. The predicted octanol–water partition coefficient (Wildman–Crippen LogP) is 16.0. The van der Waals surface area contributed by atoms with E-state index < -0.39 is 6.10 Å². The van der Waals surface area contributed by atoms with Crippen LogP contribution in [-0.4, -0.2) is 37.2 Å². The Morgan fingerprint density at radius 1 is 0.286 bits per heavy atom. The average molecular weight is 793 g/mol. The van der Waals surface area contributed by atoms with Crippen molar-refractivity contribution in [1.29, 1.82) is 0 Å². The van der Waals surface area contributed by atoms with Crippen molar-refractivity contribution in [2.75, 3.05) is 13.2 Å². The molecule has 0 heterocycles. The third kappa shape index (κ3) is 43.5. The Balaban J connectivity index is 4.09. The summed E-state index contributed by atoms with van der Waals surface area (Å²) >= 11 is 0. The molecular formula is C50H96O6. The van der Waals surface area contributed by atoms with Crippen LogP contribution in [0, 0.1) is 0 Å². The number of hydrogen-bond donors (Lipinski definition) is 0. The van der Waals surface area contributed by atoms with Gasteiger partial charge in [0.05, 0.1) is 0 Å². The molecule has 0 radical (unpaired) electrons. The lowest BCUT2D eigenvalue weighted by molar-refractivity contribution is -0.167. The summed E-state index contributed by atoms with van der Waals surface area (Å²) in [6.45, 7) is 6.62. The number of esters is 3. The lowest BCUT2D eigenvalue weighted by atomic mass is 10.0. The first kappa shape index (κ1) is 54.4. The van der Waals surface area contributed by atoms with Gasteiger partial charge in [0.15, 0.2) is 6.10 Å². The molecule has 1 unspecified atom stereocenters. The van der Waals surface area contributed by atoms with Gasteiger partial charge in [-0.25, -0.2) is 0 Å². The third-order valence-corrected chi connectivity index (χ3v) is 11.4. The summed E-state index contributed by atoms with van der Waals surface area (Å²) in [5.41, 5.74) is 0. The maximum absolute atomic E-state index is 12.7. The molecule has 56 heavy (non-hydrogen) atoms. The topological polar surface area (TPSA) is 78.9 Å². The number of carbonyl (C=O) groups excluding carboxylic acids is 3. The van der Waals surface area contributed by atoms with Crippen molar-refractivity contribution in [1.82, 2.24) is 0 Å². The van der Waals surface area contributed by atoms with Crippen LogP contribution in [0.15, 0.2) is 0 Å². The fourth-order valence-corrected chi connectivity index (χ4v) is 7.56. The van der Waals surface area contributed by atoms with Crippen LogP contribution in [0.4, 0.5) is 0 Å². The third-order valence-electron chi connectivity index (χ3n) is 11.4. The molecule has 0 aliphatic heterocycles. The molecule has 0 saturated carbocycles. The normalized spacial score (nSPS) is 11.8. The van der Waals surface area contributed by atoms with E-state index in [-0.39, 0.29) is 31.1 Å². The minimum atomic E-state index is -0.757. The van der Waals surface area contributed by atoms with Crippen molar-refractivity contribution in [2.45, 2.75) is 290 Å². The highest BCUT2D eigenvalue weighted by molar-refractivity contribution is 5.71. The van der Waals surface area contributed by atoms with Crippen LogP contribution in [0.25, 0.3) is 0 Å². The van der Waals surface area contributed by atoms with Gasteiger partial charge in [-0.05, 0) is 19.3 Å². The minimum absolute atomic E-state index is 0.0629. The fraction of sp³-hybridized carbons (Fsp3) is 0.940. The summed E-state index contributed by atoms with van der Waals surface area (Å²) in [5, 5.41) is 0. The van der Waals surface area contributed by atoms with E-state index >= 15 is 0 Å². The summed E-state index contributed by atoms with van der Waals surface area (Å²) in [6, 6.07) is 0. The summed E-state index contributed by atoms with van der Waals surface area (Å²) in [6.07, 6.45) is 48.3. The average Bonchev–Trinajstić information content (AvgIpc) is 3.19. The SMILES string of the molecule is CCCCCCCCCCCCCCCCCCCCCCCC(=O)OCC(COC(=O)CCCCCCCCC)OC(=O)CCCCCCCCCCCC. The van der Waals surface area contributed by atoms with Crippen LogP contribution in [-0.2, 0) is 28.6 Å². The molecule has 0 amide bonds. The monoisotopic (exact) mass is 793 g/mol. The van der Waals surface area contributed by atoms with Crippen LogP contribution in [0.3, 0.4) is 0 Å². The van der Waals surface area contributed by atoms with Gasteiger partial charge in [0, 0.05) is 19.3 Å². The molecule has 0 fully saturated rings. The van der Waals surface area contributed by atoms with Crippen molar-refractivity contribution in [3.63, 3.8) is 0 Å². The van der Waals surface area contributed by atoms with Gasteiger partial charge in [-0.1, -0.05) is 245 Å². The van der Waals surface area contributed by atoms with E-state index in [9.17, 15) is 14.4 Å². The van der Waals surface area contributed by atoms with Crippen LogP contribution < -0.4 is 0 Å². The number of unbranched alkanes of at least 4 members (excludes halogenated alkanes) is 35. The fourth-order valence-electron chi connectivity index (χ4n) is 7.56. The van der Waals surface area contributed by atoms with Crippen LogP contribution in [0.1, 0.15) is 284 Å². The Bertz CT molecular complexity index is 828. The molecule has 0 saturated heterocycles. The largest absolute Gasteiger partial charge is 0.462 e. The van der Waals surface area contributed by atoms with Gasteiger partial charge in [0.2, 0.25) is 0 Å². The van der Waals surface area contributed by atoms with Crippen molar-refractivity contribution in [2.24, 2.45) is 0 Å². The number of rotatable bonds is 46. The maximum atomic E-state index is 12.7. The first-order valence-corrected chi connectivity index (χ1v) is 25.0. The molecule has 332 valence electrons. The van der Waals surface area contributed by atoms with Crippen molar-refractivity contribution in [3.05, 3.63) is 0 Å². The summed E-state index contributed by atoms with van der Waals surface area (Å²) < 4.78 is 16.7. The Labute approximate surface area is 348 Å². The molecule has 0 aliphatic carbocycles. The van der Waals surface area contributed by atoms with Gasteiger partial charge in [-0.3, -0.25) is 14.4 Å². The zero-order valence-electron chi connectivity index (χ0n) is 37.9. The lowest BCUT2D eigenvalue weighted by Crippen LogP contribution is -2.30. The van der Waals surface area contributed by atoms with E-state index in [1.165, 1.54) is 186 Å². The van der Waals surface area contributed by atoms with Crippen LogP contribution in [0.5, 0.6) is 0 Å². The Morgan fingerprint density at radius 3 is 0.714 bits per heavy atom. The molecule has 1 atom stereocenters. The Morgan fingerprint density at radius 2 is 0.482 bits per heavy atom. The highest BCUT2D eigenvalue weighted by atomic mass is 16.6. The molecule has 0 aromatic carbocycles. The van der Waals surface area contributed by atoms with Gasteiger partial charge in [-0.15, -0.1) is 0 Å². The van der Waals surface area contributed by atoms with Crippen LogP contribution in [0.2, 0.25) is 0 Å². The van der Waals surface area contributed by atoms with Gasteiger partial charge >= 0.3 is 17.9 Å². The molecular weight excluding hydrogens is 697 g/mol. The minimum Gasteiger partial charge on any atom is -0.462 e. The summed E-state index contributed by atoms with van der Waals surface area (Å²) in [5.74, 6) is -0.855. The summed E-state index contributed by atoms with van der Waals surface area (Å²) in [4.78, 5) is 37.6. The standard InChI is InChI=1S/C50H96O6/c1-4-7-10-13-16-18-20-21-22-23-24-25-26-27-28-29-30-32-34-37-40-43-49(52)55-46-47(45-54-48(51)42-39-36-33-15-12-9-6-3)56-50(53)44-41-38-35-31-19-17-14-11-8-5-2/h47H,4-46H2,1-3H3. The molecule has 6 nitrogen and oxygen atoms in total. The van der Waals surface area contributed by atoms with Gasteiger partial charge in [0.1, 0.15) is 13.2 Å². The van der Waals surface area contributed by atoms with E-state index in [0.29, 0.717) is 19.3 Å². The maximum Gasteiger partial charge on any atom is 0.306 e. The first-order chi connectivity index (χ1) is 27.5. The van der Waals surface area contributed by atoms with Crippen molar-refractivity contribution in [3.8, 4) is 0 Å². The van der Waals surface area contributed by atoms with Crippen molar-refractivity contribution < 1.29 is 28.6 Å². The summed E-state index contributed by atoms with van der Waals surface area (Å²) in [7, 11) is 0. The second-order valence-corrected chi connectivity index (χ2v) is 17.1. The molecule has 0 aromatic heterocycles. The Hall–Kier alpha value is -1.59. The second kappa shape index (κ2) is 46.1. The number of hydrogen-bond acceptors (Lipinski definition) is 6. The van der Waals surface area contributed by atoms with Gasteiger partial charge in [0.25, 0.3) is 0 Å². The quantitative estimate of drug-likeness (QED) is 0.0347. The number of carbonyl (C=O) groups is 3. The van der Waals surface area contributed by atoms with Gasteiger partial charge in [-0.2, -0.15) is 0 Å². The highest BCUT2D eigenvalue weighted by Crippen LogP contribution is 2.17. The van der Waals surface area contributed by atoms with E-state index in [0.717, 1.165) is 57.8 Å². The lowest BCUT2D eigenvalue weighted by Gasteiger charge is -2.18. The van der Waals surface area contributed by atoms with E-state index in [1.54, 1.807) is 0 Å². The molecule has 0 spiro atoms. The second-order valence-electron chi connectivity index (χ2n) is 17.1. The predicted molar refractivity (Wildman–Crippen MR) is 238 cm³/mol. The zero-order chi connectivity index (χ0) is 40.8. The Kier molecular flexibility index (Phi) is 44.8. The van der Waals surface area contributed by atoms with Crippen molar-refractivity contribution >= 4 is 17.9 Å². The van der Waals surface area contributed by atoms with E-state index in [2.05, 4.69) is 20.8 Å². The first-order valence-electron chi connectivity index (χ1n) is 25.0. The molecule has 6 heteroatoms. The molecule has 0 aliphatic rings. The molecule has 0 N–H and O–H groups in total. The van der Waals surface area contributed by atoms with Crippen LogP contribution >= 0.6 is 0 Å².